The molecular weight excluding hydrogens is 380 g/mol. The van der Waals surface area contributed by atoms with Crippen molar-refractivity contribution in [3.05, 3.63) is 59.9 Å². The first kappa shape index (κ1) is 18.6. The van der Waals surface area contributed by atoms with Crippen molar-refractivity contribution in [3.8, 4) is 11.4 Å². The topological polar surface area (TPSA) is 48.5 Å². The molecule has 4 aromatic rings. The monoisotopic (exact) mass is 399 g/mol. The van der Waals surface area contributed by atoms with Gasteiger partial charge in [-0.1, -0.05) is 53.7 Å². The number of alkyl halides is 2. The van der Waals surface area contributed by atoms with Crippen LogP contribution in [0.15, 0.2) is 53.7 Å². The van der Waals surface area contributed by atoms with Gasteiger partial charge in [0.1, 0.15) is 5.82 Å². The third-order valence-corrected chi connectivity index (χ3v) is 5.74. The Hall–Kier alpha value is -2.74. The molecule has 0 N–H and O–H groups in total. The number of rotatable bonds is 5. The van der Waals surface area contributed by atoms with Crippen LogP contribution in [0.25, 0.3) is 22.4 Å². The molecule has 2 aromatic heterocycles. The standard InChI is InChI=1S/C20H19F2N5S/c1-12-8-10-14(11-9-12)18-24-25-20(26(18)3)28-13(2)17-23-15-6-4-5-7-16(15)27(17)19(21)22/h4-11,13,19H,1-3H3/t13-/m0/s1. The van der Waals surface area contributed by atoms with E-state index in [1.807, 2.05) is 49.7 Å². The number of nitrogens with zero attached hydrogens (tertiary/aromatic N) is 5. The minimum atomic E-state index is -2.66. The highest BCUT2D eigenvalue weighted by atomic mass is 32.2. The Morgan fingerprint density at radius 1 is 1.00 bits per heavy atom. The summed E-state index contributed by atoms with van der Waals surface area (Å²) in [5, 5.41) is 8.86. The Kier molecular flexibility index (Phi) is 4.89. The fraction of sp³-hybridized carbons (Fsp3) is 0.250. The normalized spacial score (nSPS) is 12.8. The molecule has 0 bridgehead atoms. The van der Waals surface area contributed by atoms with Gasteiger partial charge < -0.3 is 4.57 Å². The van der Waals surface area contributed by atoms with E-state index >= 15 is 0 Å². The van der Waals surface area contributed by atoms with Crippen molar-refractivity contribution < 1.29 is 8.78 Å². The summed E-state index contributed by atoms with van der Waals surface area (Å²) in [6.45, 7) is 1.22. The second-order valence-electron chi connectivity index (χ2n) is 6.60. The van der Waals surface area contributed by atoms with Crippen LogP contribution < -0.4 is 0 Å². The van der Waals surface area contributed by atoms with E-state index in [1.165, 1.54) is 17.3 Å². The maximum atomic E-state index is 13.7. The van der Waals surface area contributed by atoms with Gasteiger partial charge in [0.05, 0.1) is 16.3 Å². The second kappa shape index (κ2) is 7.35. The lowest BCUT2D eigenvalue weighted by molar-refractivity contribution is 0.0715. The van der Waals surface area contributed by atoms with E-state index < -0.39 is 6.55 Å². The zero-order chi connectivity index (χ0) is 19.8. The van der Waals surface area contributed by atoms with Crippen molar-refractivity contribution in [2.75, 3.05) is 0 Å². The molecule has 0 unspecified atom stereocenters. The van der Waals surface area contributed by atoms with Crippen LogP contribution in [0.5, 0.6) is 0 Å². The molecule has 0 saturated heterocycles. The summed E-state index contributed by atoms with van der Waals surface area (Å²) < 4.78 is 30.3. The highest BCUT2D eigenvalue weighted by molar-refractivity contribution is 7.99. The number of hydrogen-bond donors (Lipinski definition) is 0. The van der Waals surface area contributed by atoms with Crippen molar-refractivity contribution in [1.29, 1.82) is 0 Å². The third kappa shape index (κ3) is 3.28. The van der Waals surface area contributed by atoms with E-state index in [1.54, 1.807) is 24.3 Å². The van der Waals surface area contributed by atoms with Crippen LogP contribution in [-0.4, -0.2) is 24.3 Å². The number of imidazole rings is 1. The van der Waals surface area contributed by atoms with Crippen LogP contribution >= 0.6 is 11.8 Å². The van der Waals surface area contributed by atoms with Crippen LogP contribution in [-0.2, 0) is 7.05 Å². The van der Waals surface area contributed by atoms with Crippen molar-refractivity contribution in [2.45, 2.75) is 30.8 Å². The van der Waals surface area contributed by atoms with Gasteiger partial charge in [-0.2, -0.15) is 8.78 Å². The van der Waals surface area contributed by atoms with Gasteiger partial charge in [-0.15, -0.1) is 10.2 Å². The summed E-state index contributed by atoms with van der Waals surface area (Å²) in [6.07, 6.45) is 0. The van der Waals surface area contributed by atoms with Gasteiger partial charge in [0.2, 0.25) is 0 Å². The van der Waals surface area contributed by atoms with E-state index in [4.69, 9.17) is 0 Å². The quantitative estimate of drug-likeness (QED) is 0.422. The summed E-state index contributed by atoms with van der Waals surface area (Å²) in [5.74, 6) is 1.05. The molecule has 8 heteroatoms. The summed E-state index contributed by atoms with van der Waals surface area (Å²) >= 11 is 1.36. The maximum absolute atomic E-state index is 13.7. The van der Waals surface area contributed by atoms with E-state index in [0.29, 0.717) is 22.0 Å². The second-order valence-corrected chi connectivity index (χ2v) is 7.91. The zero-order valence-electron chi connectivity index (χ0n) is 15.7. The van der Waals surface area contributed by atoms with E-state index in [0.717, 1.165) is 16.0 Å². The van der Waals surface area contributed by atoms with Crippen LogP contribution in [0.3, 0.4) is 0 Å². The van der Waals surface area contributed by atoms with Gasteiger partial charge in [-0.25, -0.2) is 4.98 Å². The molecule has 2 heterocycles. The van der Waals surface area contributed by atoms with Gasteiger partial charge in [0, 0.05) is 12.6 Å². The number of hydrogen-bond acceptors (Lipinski definition) is 4. The molecule has 2 aromatic carbocycles. The summed E-state index contributed by atoms with van der Waals surface area (Å²) in [6, 6.07) is 15.0. The molecule has 0 aliphatic rings. The SMILES string of the molecule is Cc1ccc(-c2nnc(S[C@@H](C)c3nc4ccccc4n3C(F)F)n2C)cc1. The lowest BCUT2D eigenvalue weighted by Crippen LogP contribution is -2.07. The van der Waals surface area contributed by atoms with Crippen molar-refractivity contribution in [3.63, 3.8) is 0 Å². The summed E-state index contributed by atoms with van der Waals surface area (Å²) in [7, 11) is 1.88. The first-order valence-electron chi connectivity index (χ1n) is 8.84. The molecule has 0 fully saturated rings. The van der Waals surface area contributed by atoms with Crippen molar-refractivity contribution in [1.82, 2.24) is 24.3 Å². The van der Waals surface area contributed by atoms with Crippen molar-refractivity contribution in [2.24, 2.45) is 7.05 Å². The highest BCUT2D eigenvalue weighted by Gasteiger charge is 2.24. The van der Waals surface area contributed by atoms with E-state index in [9.17, 15) is 8.78 Å². The fourth-order valence-corrected chi connectivity index (χ4v) is 4.06. The number of halogens is 2. The summed E-state index contributed by atoms with van der Waals surface area (Å²) in [4.78, 5) is 4.44. The van der Waals surface area contributed by atoms with Gasteiger partial charge >= 0.3 is 6.55 Å². The largest absolute Gasteiger partial charge is 0.320 e. The Balaban J connectivity index is 1.66. The van der Waals surface area contributed by atoms with Gasteiger partial charge in [-0.3, -0.25) is 4.57 Å². The van der Waals surface area contributed by atoms with Gasteiger partial charge in [-0.05, 0) is 26.0 Å². The Labute approximate surface area is 165 Å². The van der Waals surface area contributed by atoms with Gasteiger partial charge in [0.15, 0.2) is 11.0 Å². The van der Waals surface area contributed by atoms with Crippen LogP contribution in [0.2, 0.25) is 0 Å². The molecule has 0 spiro atoms. The fourth-order valence-electron chi connectivity index (χ4n) is 3.14. The van der Waals surface area contributed by atoms with Crippen LogP contribution in [0.1, 0.15) is 30.1 Å². The molecule has 5 nitrogen and oxygen atoms in total. The molecule has 4 rings (SSSR count). The molecule has 0 aliphatic carbocycles. The number of para-hydroxylation sites is 2. The van der Waals surface area contributed by atoms with E-state index in [-0.39, 0.29) is 5.25 Å². The van der Waals surface area contributed by atoms with Gasteiger partial charge in [0.25, 0.3) is 0 Å². The average molecular weight is 399 g/mol. The minimum Gasteiger partial charge on any atom is -0.305 e. The first-order valence-corrected chi connectivity index (χ1v) is 9.71. The number of fused-ring (bicyclic) bond motifs is 1. The highest BCUT2D eigenvalue weighted by Crippen LogP contribution is 2.37. The Bertz CT molecular complexity index is 1120. The number of benzene rings is 2. The lowest BCUT2D eigenvalue weighted by Gasteiger charge is -2.13. The van der Waals surface area contributed by atoms with Crippen LogP contribution in [0, 0.1) is 6.92 Å². The molecule has 0 amide bonds. The number of aryl methyl sites for hydroxylation is 1. The zero-order valence-corrected chi connectivity index (χ0v) is 16.5. The minimum absolute atomic E-state index is 0.320. The molecule has 0 aliphatic heterocycles. The van der Waals surface area contributed by atoms with Crippen molar-refractivity contribution >= 4 is 22.8 Å². The lowest BCUT2D eigenvalue weighted by atomic mass is 10.1. The first-order chi connectivity index (χ1) is 13.5. The molecule has 0 saturated carbocycles. The predicted molar refractivity (Wildman–Crippen MR) is 106 cm³/mol. The Morgan fingerprint density at radius 3 is 2.43 bits per heavy atom. The molecule has 1 atom stereocenters. The maximum Gasteiger partial charge on any atom is 0.320 e. The molecular formula is C20H19F2N5S. The van der Waals surface area contributed by atoms with E-state index in [2.05, 4.69) is 15.2 Å². The molecule has 0 radical (unpaired) electrons. The summed E-state index contributed by atoms with van der Waals surface area (Å²) in [5.41, 5.74) is 3.11. The van der Waals surface area contributed by atoms with Crippen LogP contribution in [0.4, 0.5) is 8.78 Å². The molecule has 28 heavy (non-hydrogen) atoms. The Morgan fingerprint density at radius 2 is 1.71 bits per heavy atom. The average Bonchev–Trinajstić information content (AvgIpc) is 3.24. The third-order valence-electron chi connectivity index (χ3n) is 4.61. The smallest absolute Gasteiger partial charge is 0.305 e. The predicted octanol–water partition coefficient (Wildman–Crippen LogP) is 5.39. The number of aromatic nitrogens is 5. The molecule has 144 valence electrons. The number of thioether (sulfide) groups is 1.